The molecule has 17 heavy (non-hydrogen) atoms. The van der Waals surface area contributed by atoms with Gasteiger partial charge in [-0.1, -0.05) is 27.7 Å². The summed E-state index contributed by atoms with van der Waals surface area (Å²) in [6.45, 7) is 10.7. The summed E-state index contributed by atoms with van der Waals surface area (Å²) < 4.78 is 0. The molecule has 2 unspecified atom stereocenters. The number of amides is 2. The summed E-state index contributed by atoms with van der Waals surface area (Å²) in [6.07, 6.45) is 0.714. The van der Waals surface area contributed by atoms with Crippen LogP contribution in [0.5, 0.6) is 0 Å². The molecule has 4 heteroatoms. The second kappa shape index (κ2) is 5.52. The lowest BCUT2D eigenvalue weighted by atomic mass is 9.98. The van der Waals surface area contributed by atoms with Crippen molar-refractivity contribution >= 4 is 11.8 Å². The van der Waals surface area contributed by atoms with Gasteiger partial charge in [-0.05, 0) is 25.2 Å². The molecule has 0 aromatic carbocycles. The Morgan fingerprint density at radius 1 is 1.18 bits per heavy atom. The van der Waals surface area contributed by atoms with E-state index < -0.39 is 0 Å². The van der Waals surface area contributed by atoms with Gasteiger partial charge < -0.3 is 10.2 Å². The molecule has 1 rings (SSSR count). The van der Waals surface area contributed by atoms with E-state index in [4.69, 9.17) is 0 Å². The third kappa shape index (κ3) is 3.45. The van der Waals surface area contributed by atoms with Crippen molar-refractivity contribution < 1.29 is 9.59 Å². The van der Waals surface area contributed by atoms with Crippen LogP contribution >= 0.6 is 0 Å². The van der Waals surface area contributed by atoms with Crippen molar-refractivity contribution in [2.45, 2.75) is 53.1 Å². The van der Waals surface area contributed by atoms with Crippen molar-refractivity contribution in [2.75, 3.05) is 6.54 Å². The fourth-order valence-electron chi connectivity index (χ4n) is 2.16. The van der Waals surface area contributed by atoms with Gasteiger partial charge in [0, 0.05) is 6.54 Å². The third-order valence-corrected chi connectivity index (χ3v) is 3.01. The van der Waals surface area contributed by atoms with Crippen LogP contribution < -0.4 is 5.32 Å². The Bertz CT molecular complexity index is 300. The summed E-state index contributed by atoms with van der Waals surface area (Å²) in [6, 6.07) is -0.675. The Labute approximate surface area is 104 Å². The first kappa shape index (κ1) is 14.0. The number of rotatable bonds is 4. The average Bonchev–Trinajstić information content (AvgIpc) is 2.20. The first-order chi connectivity index (χ1) is 7.82. The quantitative estimate of drug-likeness (QED) is 0.807. The Balaban J connectivity index is 2.79. The maximum Gasteiger partial charge on any atom is 0.245 e. The fourth-order valence-corrected chi connectivity index (χ4v) is 2.16. The molecule has 1 aliphatic heterocycles. The molecular formula is C13H24N2O2. The molecule has 0 spiro atoms. The number of carbonyl (C=O) groups is 2. The largest absolute Gasteiger partial charge is 0.343 e. The van der Waals surface area contributed by atoms with Crippen molar-refractivity contribution in [2.24, 2.45) is 11.8 Å². The van der Waals surface area contributed by atoms with Crippen LogP contribution in [0, 0.1) is 11.8 Å². The minimum atomic E-state index is -0.340. The van der Waals surface area contributed by atoms with Crippen LogP contribution in [0.3, 0.4) is 0 Å². The van der Waals surface area contributed by atoms with E-state index in [2.05, 4.69) is 33.0 Å². The summed E-state index contributed by atoms with van der Waals surface area (Å²) in [5, 5.41) is 2.82. The molecule has 0 bridgehead atoms. The van der Waals surface area contributed by atoms with Crippen molar-refractivity contribution in [1.29, 1.82) is 0 Å². The highest BCUT2D eigenvalue weighted by Gasteiger charge is 2.38. The van der Waals surface area contributed by atoms with Crippen molar-refractivity contribution in [3.05, 3.63) is 0 Å². The molecule has 98 valence electrons. The van der Waals surface area contributed by atoms with E-state index in [9.17, 15) is 9.59 Å². The first-order valence-electron chi connectivity index (χ1n) is 6.43. The maximum absolute atomic E-state index is 12.3. The minimum Gasteiger partial charge on any atom is -0.343 e. The zero-order chi connectivity index (χ0) is 13.2. The molecule has 0 saturated carbocycles. The van der Waals surface area contributed by atoms with E-state index in [1.165, 1.54) is 0 Å². The topological polar surface area (TPSA) is 49.4 Å². The second-order valence-electron chi connectivity index (χ2n) is 5.75. The highest BCUT2D eigenvalue weighted by atomic mass is 16.2. The Kier molecular flexibility index (Phi) is 4.54. The molecule has 4 nitrogen and oxygen atoms in total. The van der Waals surface area contributed by atoms with Crippen molar-refractivity contribution in [3.63, 3.8) is 0 Å². The van der Waals surface area contributed by atoms with E-state index in [1.54, 1.807) is 11.8 Å². The van der Waals surface area contributed by atoms with Crippen LogP contribution in [0.1, 0.15) is 41.0 Å². The molecule has 2 amide bonds. The van der Waals surface area contributed by atoms with Gasteiger partial charge >= 0.3 is 0 Å². The monoisotopic (exact) mass is 240 g/mol. The van der Waals surface area contributed by atoms with E-state index >= 15 is 0 Å². The molecule has 0 aromatic heterocycles. The van der Waals surface area contributed by atoms with E-state index in [1.807, 2.05) is 0 Å². The second-order valence-corrected chi connectivity index (χ2v) is 5.75. The number of nitrogens with one attached hydrogen (secondary N) is 1. The van der Waals surface area contributed by atoms with Gasteiger partial charge in [-0.25, -0.2) is 0 Å². The number of hydrogen-bond acceptors (Lipinski definition) is 2. The van der Waals surface area contributed by atoms with Crippen molar-refractivity contribution in [1.82, 2.24) is 10.2 Å². The molecule has 0 aliphatic carbocycles. The Morgan fingerprint density at radius 2 is 1.76 bits per heavy atom. The van der Waals surface area contributed by atoms with Gasteiger partial charge in [0.25, 0.3) is 0 Å². The summed E-state index contributed by atoms with van der Waals surface area (Å²) in [5.41, 5.74) is 0. The molecule has 1 aliphatic rings. The van der Waals surface area contributed by atoms with Gasteiger partial charge in [0.1, 0.15) is 12.1 Å². The standard InChI is InChI=1S/C13H24N2O2/c1-8(2)6-11-13(17)15(7-9(3)4)10(5)12(16)14-11/h8-11H,6-7H2,1-5H3,(H,14,16). The number of hydrogen-bond donors (Lipinski definition) is 1. The summed E-state index contributed by atoms with van der Waals surface area (Å²) >= 11 is 0. The molecule has 1 N–H and O–H groups in total. The van der Waals surface area contributed by atoms with Gasteiger partial charge in [0.05, 0.1) is 0 Å². The SMILES string of the molecule is CC(C)CC1NC(=O)C(C)N(CC(C)C)C1=O. The predicted octanol–water partition coefficient (Wildman–Crippen LogP) is 1.40. The van der Waals surface area contributed by atoms with Crippen LogP contribution in [-0.4, -0.2) is 35.3 Å². The lowest BCUT2D eigenvalue weighted by Gasteiger charge is -2.38. The zero-order valence-corrected chi connectivity index (χ0v) is 11.5. The Hall–Kier alpha value is -1.06. The highest BCUT2D eigenvalue weighted by molar-refractivity contribution is 5.96. The summed E-state index contributed by atoms with van der Waals surface area (Å²) in [7, 11) is 0. The molecule has 1 fully saturated rings. The molecule has 1 heterocycles. The van der Waals surface area contributed by atoms with E-state index in [0.717, 1.165) is 0 Å². The minimum absolute atomic E-state index is 0.0316. The third-order valence-electron chi connectivity index (χ3n) is 3.01. The highest BCUT2D eigenvalue weighted by Crippen LogP contribution is 2.16. The zero-order valence-electron chi connectivity index (χ0n) is 11.5. The average molecular weight is 240 g/mol. The molecule has 0 radical (unpaired) electrons. The van der Waals surface area contributed by atoms with Crippen LogP contribution in [0.2, 0.25) is 0 Å². The molecule has 2 atom stereocenters. The van der Waals surface area contributed by atoms with Crippen LogP contribution in [0.4, 0.5) is 0 Å². The van der Waals surface area contributed by atoms with E-state index in [0.29, 0.717) is 24.8 Å². The lowest BCUT2D eigenvalue weighted by Crippen LogP contribution is -2.63. The van der Waals surface area contributed by atoms with Gasteiger partial charge in [0.2, 0.25) is 11.8 Å². The number of carbonyl (C=O) groups excluding carboxylic acids is 2. The van der Waals surface area contributed by atoms with Gasteiger partial charge in [-0.15, -0.1) is 0 Å². The van der Waals surface area contributed by atoms with E-state index in [-0.39, 0.29) is 23.9 Å². The lowest BCUT2D eigenvalue weighted by molar-refractivity contribution is -0.149. The Morgan fingerprint density at radius 3 is 2.24 bits per heavy atom. The smallest absolute Gasteiger partial charge is 0.245 e. The van der Waals surface area contributed by atoms with Gasteiger partial charge in [-0.2, -0.15) is 0 Å². The van der Waals surface area contributed by atoms with Crippen molar-refractivity contribution in [3.8, 4) is 0 Å². The normalized spacial score (nSPS) is 25.7. The molecule has 1 saturated heterocycles. The fraction of sp³-hybridized carbons (Fsp3) is 0.846. The van der Waals surface area contributed by atoms with Crippen LogP contribution in [0.15, 0.2) is 0 Å². The molecular weight excluding hydrogens is 216 g/mol. The first-order valence-corrected chi connectivity index (χ1v) is 6.43. The predicted molar refractivity (Wildman–Crippen MR) is 67.4 cm³/mol. The number of nitrogens with zero attached hydrogens (tertiary/aromatic N) is 1. The van der Waals surface area contributed by atoms with Crippen LogP contribution in [0.25, 0.3) is 0 Å². The van der Waals surface area contributed by atoms with Crippen LogP contribution in [-0.2, 0) is 9.59 Å². The molecule has 0 aromatic rings. The summed E-state index contributed by atoms with van der Waals surface area (Å²) in [4.78, 5) is 25.8. The summed E-state index contributed by atoms with van der Waals surface area (Å²) in [5.74, 6) is 0.820. The van der Waals surface area contributed by atoms with Gasteiger partial charge in [-0.3, -0.25) is 9.59 Å². The van der Waals surface area contributed by atoms with Gasteiger partial charge in [0.15, 0.2) is 0 Å². The maximum atomic E-state index is 12.3. The number of piperazine rings is 1.